The fraction of sp³-hybridized carbons (Fsp3) is 0.385. The average molecular weight is 346 g/mol. The first kappa shape index (κ1) is 16.2. The number of nitrogens with two attached hydrogens (primary N) is 1. The zero-order valence-corrected chi connectivity index (χ0v) is 13.0. The van der Waals surface area contributed by atoms with Crippen LogP contribution in [0.25, 0.3) is 0 Å². The Hall–Kier alpha value is -0.850. The van der Waals surface area contributed by atoms with Crippen LogP contribution in [0.5, 0.6) is 0 Å². The Morgan fingerprint density at radius 1 is 1.37 bits per heavy atom. The molecule has 0 saturated carbocycles. The zero-order chi connectivity index (χ0) is 14.3. The molecule has 6 heteroatoms. The number of ether oxygens (including phenoxy) is 1. The fourth-order valence-electron chi connectivity index (χ4n) is 1.32. The van der Waals surface area contributed by atoms with Crippen LogP contribution in [-0.4, -0.2) is 35.9 Å². The second-order valence-electron chi connectivity index (χ2n) is 3.80. The minimum atomic E-state index is -0.678. The fourth-order valence-corrected chi connectivity index (χ4v) is 2.44. The van der Waals surface area contributed by atoms with E-state index in [0.29, 0.717) is 23.7 Å². The predicted molar refractivity (Wildman–Crippen MR) is 80.4 cm³/mol. The summed E-state index contributed by atoms with van der Waals surface area (Å²) in [6.45, 7) is 2.05. The van der Waals surface area contributed by atoms with Gasteiger partial charge >= 0.3 is 5.97 Å². The highest BCUT2D eigenvalue weighted by atomic mass is 79.9. The molecule has 104 valence electrons. The number of thioether (sulfide) groups is 1. The molecule has 0 aliphatic heterocycles. The van der Waals surface area contributed by atoms with Crippen molar-refractivity contribution in [2.75, 3.05) is 18.1 Å². The second kappa shape index (κ2) is 8.35. The van der Waals surface area contributed by atoms with Crippen LogP contribution in [0.3, 0.4) is 0 Å². The van der Waals surface area contributed by atoms with Gasteiger partial charge in [0.25, 0.3) is 0 Å². The van der Waals surface area contributed by atoms with Crippen LogP contribution >= 0.6 is 27.7 Å². The summed E-state index contributed by atoms with van der Waals surface area (Å²) in [6.07, 6.45) is 0. The second-order valence-corrected chi connectivity index (χ2v) is 5.75. The van der Waals surface area contributed by atoms with Crippen LogP contribution in [0.4, 0.5) is 0 Å². The van der Waals surface area contributed by atoms with Gasteiger partial charge in [-0.15, -0.1) is 0 Å². The minimum Gasteiger partial charge on any atom is -0.465 e. The molecule has 0 aliphatic carbocycles. The van der Waals surface area contributed by atoms with Crippen molar-refractivity contribution in [1.29, 1.82) is 0 Å². The van der Waals surface area contributed by atoms with E-state index < -0.39 is 12.0 Å². The van der Waals surface area contributed by atoms with Crippen molar-refractivity contribution in [3.8, 4) is 0 Å². The number of hydrogen-bond donors (Lipinski definition) is 1. The summed E-state index contributed by atoms with van der Waals surface area (Å²) in [6, 6.07) is 6.49. The lowest BCUT2D eigenvalue weighted by Crippen LogP contribution is -2.34. The highest BCUT2D eigenvalue weighted by Crippen LogP contribution is 2.13. The van der Waals surface area contributed by atoms with Crippen molar-refractivity contribution in [3.05, 3.63) is 34.3 Å². The van der Waals surface area contributed by atoms with E-state index in [1.165, 1.54) is 11.8 Å². The van der Waals surface area contributed by atoms with Gasteiger partial charge in [0.1, 0.15) is 6.04 Å². The van der Waals surface area contributed by atoms with Crippen LogP contribution in [0.2, 0.25) is 0 Å². The number of Topliss-reactive ketones (excluding diaryl/α,β-unsaturated/α-hetero) is 1. The van der Waals surface area contributed by atoms with Gasteiger partial charge in [0, 0.05) is 15.8 Å². The Labute approximate surface area is 125 Å². The third kappa shape index (κ3) is 5.76. The number of ketones is 1. The molecule has 19 heavy (non-hydrogen) atoms. The zero-order valence-electron chi connectivity index (χ0n) is 10.6. The predicted octanol–water partition coefficient (Wildman–Crippen LogP) is 2.26. The van der Waals surface area contributed by atoms with Crippen molar-refractivity contribution in [2.45, 2.75) is 13.0 Å². The Balaban J connectivity index is 2.35. The largest absolute Gasteiger partial charge is 0.465 e. The molecular formula is C13H16BrNO3S. The number of carbonyl (C=O) groups excluding carboxylic acids is 2. The molecule has 2 N–H and O–H groups in total. The van der Waals surface area contributed by atoms with Crippen molar-refractivity contribution in [1.82, 2.24) is 0 Å². The molecule has 1 atom stereocenters. The smallest absolute Gasteiger partial charge is 0.323 e. The van der Waals surface area contributed by atoms with Gasteiger partial charge in [-0.05, 0) is 19.1 Å². The van der Waals surface area contributed by atoms with E-state index >= 15 is 0 Å². The van der Waals surface area contributed by atoms with Crippen LogP contribution < -0.4 is 5.73 Å². The standard InChI is InChI=1S/C13H16BrNO3S/c1-2-18-13(17)11(15)7-19-8-12(16)9-3-5-10(14)6-4-9/h3-6,11H,2,7-8,15H2,1H3. The molecule has 0 saturated heterocycles. The molecule has 1 aromatic carbocycles. The number of esters is 1. The highest BCUT2D eigenvalue weighted by molar-refractivity contribution is 9.10. The van der Waals surface area contributed by atoms with Crippen molar-refractivity contribution in [3.63, 3.8) is 0 Å². The van der Waals surface area contributed by atoms with Crippen molar-refractivity contribution in [2.24, 2.45) is 5.73 Å². The Morgan fingerprint density at radius 3 is 2.58 bits per heavy atom. The van der Waals surface area contributed by atoms with E-state index in [0.717, 1.165) is 4.47 Å². The maximum absolute atomic E-state index is 11.8. The topological polar surface area (TPSA) is 69.4 Å². The van der Waals surface area contributed by atoms with E-state index in [9.17, 15) is 9.59 Å². The van der Waals surface area contributed by atoms with Gasteiger partial charge in [-0.2, -0.15) is 11.8 Å². The Morgan fingerprint density at radius 2 is 2.00 bits per heavy atom. The summed E-state index contributed by atoms with van der Waals surface area (Å²) in [5.74, 6) is 0.273. The van der Waals surface area contributed by atoms with Gasteiger partial charge in [0.15, 0.2) is 5.78 Å². The van der Waals surface area contributed by atoms with Crippen molar-refractivity contribution >= 4 is 39.4 Å². The quantitative estimate of drug-likeness (QED) is 0.606. The molecular weight excluding hydrogens is 330 g/mol. The maximum Gasteiger partial charge on any atom is 0.323 e. The number of rotatable bonds is 7. The highest BCUT2D eigenvalue weighted by Gasteiger charge is 2.15. The number of hydrogen-bond acceptors (Lipinski definition) is 5. The number of halogens is 1. The normalized spacial score (nSPS) is 11.9. The molecule has 1 rings (SSSR count). The molecule has 0 amide bonds. The van der Waals surface area contributed by atoms with Gasteiger partial charge in [0.05, 0.1) is 12.4 Å². The molecule has 0 radical (unpaired) electrons. The molecule has 0 bridgehead atoms. The Kier molecular flexibility index (Phi) is 7.12. The summed E-state index contributed by atoms with van der Waals surface area (Å²) < 4.78 is 5.72. The lowest BCUT2D eigenvalue weighted by atomic mass is 10.2. The first-order valence-corrected chi connectivity index (χ1v) is 7.78. The first-order valence-electron chi connectivity index (χ1n) is 5.83. The number of carbonyl (C=O) groups is 2. The van der Waals surface area contributed by atoms with Gasteiger partial charge < -0.3 is 10.5 Å². The average Bonchev–Trinajstić information content (AvgIpc) is 2.39. The van der Waals surface area contributed by atoms with Gasteiger partial charge in [-0.1, -0.05) is 28.1 Å². The maximum atomic E-state index is 11.8. The molecule has 4 nitrogen and oxygen atoms in total. The van der Waals surface area contributed by atoms with E-state index in [1.807, 2.05) is 12.1 Å². The van der Waals surface area contributed by atoms with Crippen LogP contribution in [-0.2, 0) is 9.53 Å². The lowest BCUT2D eigenvalue weighted by molar-refractivity contribution is -0.144. The van der Waals surface area contributed by atoms with Crippen LogP contribution in [0.15, 0.2) is 28.7 Å². The van der Waals surface area contributed by atoms with E-state index in [4.69, 9.17) is 10.5 Å². The lowest BCUT2D eigenvalue weighted by Gasteiger charge is -2.09. The SMILES string of the molecule is CCOC(=O)C(N)CSCC(=O)c1ccc(Br)cc1. The number of benzene rings is 1. The first-order chi connectivity index (χ1) is 9.04. The summed E-state index contributed by atoms with van der Waals surface area (Å²) >= 11 is 4.65. The third-order valence-electron chi connectivity index (χ3n) is 2.29. The summed E-state index contributed by atoms with van der Waals surface area (Å²) in [4.78, 5) is 23.1. The van der Waals surface area contributed by atoms with Crippen LogP contribution in [0.1, 0.15) is 17.3 Å². The van der Waals surface area contributed by atoms with Gasteiger partial charge in [-0.25, -0.2) is 0 Å². The van der Waals surface area contributed by atoms with Gasteiger partial charge in [0.2, 0.25) is 0 Å². The molecule has 0 aliphatic rings. The van der Waals surface area contributed by atoms with E-state index in [1.54, 1.807) is 19.1 Å². The summed E-state index contributed by atoms with van der Waals surface area (Å²) in [7, 11) is 0. The molecule has 0 heterocycles. The van der Waals surface area contributed by atoms with E-state index in [2.05, 4.69) is 15.9 Å². The van der Waals surface area contributed by atoms with Crippen LogP contribution in [0, 0.1) is 0 Å². The Bertz CT molecular complexity index is 436. The molecule has 1 unspecified atom stereocenters. The van der Waals surface area contributed by atoms with Crippen molar-refractivity contribution < 1.29 is 14.3 Å². The summed E-state index contributed by atoms with van der Waals surface area (Å²) in [5, 5.41) is 0. The van der Waals surface area contributed by atoms with E-state index in [-0.39, 0.29) is 5.78 Å². The third-order valence-corrected chi connectivity index (χ3v) is 3.88. The summed E-state index contributed by atoms with van der Waals surface area (Å²) in [5.41, 5.74) is 6.29. The molecule has 1 aromatic rings. The molecule has 0 aromatic heterocycles. The molecule has 0 fully saturated rings. The van der Waals surface area contributed by atoms with Gasteiger partial charge in [-0.3, -0.25) is 9.59 Å². The monoisotopic (exact) mass is 345 g/mol. The minimum absolute atomic E-state index is 0.0218. The molecule has 0 spiro atoms.